The highest BCUT2D eigenvalue weighted by Gasteiger charge is 2.31. The van der Waals surface area contributed by atoms with Gasteiger partial charge in [-0.25, -0.2) is 9.97 Å². The van der Waals surface area contributed by atoms with E-state index in [1.165, 1.54) is 30.6 Å². The van der Waals surface area contributed by atoms with Crippen LogP contribution in [0.5, 0.6) is 0 Å². The first-order chi connectivity index (χ1) is 12.8. The van der Waals surface area contributed by atoms with Crippen LogP contribution in [0.15, 0.2) is 29.8 Å². The maximum Gasteiger partial charge on any atom is 0.225 e. The molecule has 0 spiro atoms. The summed E-state index contributed by atoms with van der Waals surface area (Å²) in [6.07, 6.45) is 7.27. The fourth-order valence-electron chi connectivity index (χ4n) is 3.73. The van der Waals surface area contributed by atoms with Crippen LogP contribution in [0.2, 0.25) is 0 Å². The minimum atomic E-state index is -0.172. The topological polar surface area (TPSA) is 67.3 Å². The van der Waals surface area contributed by atoms with Crippen molar-refractivity contribution in [3.05, 3.63) is 35.5 Å². The van der Waals surface area contributed by atoms with Gasteiger partial charge in [0.25, 0.3) is 0 Å². The van der Waals surface area contributed by atoms with Crippen molar-refractivity contribution in [2.24, 2.45) is 5.92 Å². The first-order valence-corrected chi connectivity index (χ1v) is 10.2. The van der Waals surface area contributed by atoms with Gasteiger partial charge in [0, 0.05) is 24.0 Å². The molecule has 6 nitrogen and oxygen atoms in total. The summed E-state index contributed by atoms with van der Waals surface area (Å²) in [7, 11) is 0. The fraction of sp³-hybridized carbons (Fsp3) is 0.526. The Morgan fingerprint density at radius 2 is 2.15 bits per heavy atom. The smallest absolute Gasteiger partial charge is 0.225 e. The number of hydrogen-bond acceptors (Lipinski definition) is 6. The predicted molar refractivity (Wildman–Crippen MR) is 101 cm³/mol. The van der Waals surface area contributed by atoms with Crippen molar-refractivity contribution < 1.29 is 9.53 Å². The highest BCUT2D eigenvalue weighted by molar-refractivity contribution is 7.13. The number of anilines is 2. The van der Waals surface area contributed by atoms with Gasteiger partial charge in [0.05, 0.1) is 18.8 Å². The summed E-state index contributed by atoms with van der Waals surface area (Å²) < 4.78 is 5.92. The Morgan fingerprint density at radius 1 is 1.27 bits per heavy atom. The van der Waals surface area contributed by atoms with E-state index in [-0.39, 0.29) is 12.0 Å². The number of aromatic nitrogens is 2. The monoisotopic (exact) mass is 372 g/mol. The van der Waals surface area contributed by atoms with E-state index in [1.807, 2.05) is 28.5 Å². The van der Waals surface area contributed by atoms with E-state index in [1.54, 1.807) is 6.20 Å². The molecule has 0 aromatic carbocycles. The largest absolute Gasteiger partial charge is 0.368 e. The number of pyridine rings is 1. The number of hydrogen-bond donors (Lipinski definition) is 1. The molecule has 1 N–H and O–H groups in total. The van der Waals surface area contributed by atoms with Crippen molar-refractivity contribution in [3.8, 4) is 0 Å². The molecule has 1 saturated carbocycles. The van der Waals surface area contributed by atoms with Crippen molar-refractivity contribution in [2.75, 3.05) is 25.0 Å². The Bertz CT molecular complexity index is 731. The molecule has 1 atom stereocenters. The third-order valence-corrected chi connectivity index (χ3v) is 5.79. The van der Waals surface area contributed by atoms with Gasteiger partial charge in [-0.3, -0.25) is 4.79 Å². The van der Waals surface area contributed by atoms with E-state index in [9.17, 15) is 4.79 Å². The number of thiazole rings is 1. The first-order valence-electron chi connectivity index (χ1n) is 9.33. The summed E-state index contributed by atoms with van der Waals surface area (Å²) in [5.74, 6) is 1.25. The van der Waals surface area contributed by atoms with Crippen LogP contribution in [0, 0.1) is 5.92 Å². The Balaban J connectivity index is 1.43. The second kappa shape index (κ2) is 8.14. The number of amides is 1. The molecular weight excluding hydrogens is 348 g/mol. The summed E-state index contributed by atoms with van der Waals surface area (Å²) in [5, 5.41) is 5.94. The number of morpholine rings is 1. The van der Waals surface area contributed by atoms with Gasteiger partial charge in [-0.05, 0) is 25.0 Å². The fourth-order valence-corrected chi connectivity index (χ4v) is 4.27. The highest BCUT2D eigenvalue weighted by atomic mass is 32.1. The number of nitrogens with zero attached hydrogens (tertiary/aromatic N) is 3. The van der Waals surface area contributed by atoms with E-state index < -0.39 is 0 Å². The summed E-state index contributed by atoms with van der Waals surface area (Å²) >= 11 is 1.53. The van der Waals surface area contributed by atoms with Crippen LogP contribution in [0.1, 0.15) is 43.9 Å². The minimum Gasteiger partial charge on any atom is -0.368 e. The first kappa shape index (κ1) is 17.4. The second-order valence-corrected chi connectivity index (χ2v) is 7.78. The maximum atomic E-state index is 12.8. The Labute approximate surface area is 157 Å². The summed E-state index contributed by atoms with van der Waals surface area (Å²) in [6.45, 7) is 1.83. The minimum absolute atomic E-state index is 0.172. The van der Waals surface area contributed by atoms with Crippen molar-refractivity contribution >= 4 is 28.2 Å². The number of ether oxygens (including phenoxy) is 1. The van der Waals surface area contributed by atoms with E-state index in [0.717, 1.165) is 29.5 Å². The molecule has 0 bridgehead atoms. The number of carbonyl (C=O) groups is 1. The number of rotatable bonds is 4. The number of carbonyl (C=O) groups excluding carboxylic acids is 1. The molecule has 2 aromatic rings. The summed E-state index contributed by atoms with van der Waals surface area (Å²) in [4.78, 5) is 23.7. The third-order valence-electron chi connectivity index (χ3n) is 5.10. The van der Waals surface area contributed by atoms with Crippen LogP contribution >= 0.6 is 11.3 Å². The molecule has 1 saturated heterocycles. The molecule has 2 aliphatic rings. The SMILES string of the molecule is O=C(C1CCCCC1)N1CCOC(c2cccc(Nc3nccs3)n2)C1. The van der Waals surface area contributed by atoms with Crippen LogP contribution in [-0.4, -0.2) is 40.5 Å². The molecule has 0 radical (unpaired) electrons. The second-order valence-electron chi connectivity index (χ2n) is 6.89. The normalized spacial score (nSPS) is 21.5. The lowest BCUT2D eigenvalue weighted by molar-refractivity contribution is -0.144. The molecular formula is C19H24N4O2S. The number of nitrogens with one attached hydrogen (secondary N) is 1. The average molecular weight is 372 g/mol. The van der Waals surface area contributed by atoms with Crippen LogP contribution in [0.3, 0.4) is 0 Å². The van der Waals surface area contributed by atoms with Gasteiger partial charge in [0.15, 0.2) is 5.13 Å². The molecule has 1 aliphatic heterocycles. The Hall–Kier alpha value is -1.99. The molecule has 2 aromatic heterocycles. The van der Waals surface area contributed by atoms with Gasteiger partial charge in [-0.15, -0.1) is 11.3 Å². The molecule has 7 heteroatoms. The molecule has 2 fully saturated rings. The molecule has 1 amide bonds. The molecule has 1 aliphatic carbocycles. The van der Waals surface area contributed by atoms with Gasteiger partial charge in [-0.1, -0.05) is 25.3 Å². The lowest BCUT2D eigenvalue weighted by Gasteiger charge is -2.35. The zero-order chi connectivity index (χ0) is 17.8. The van der Waals surface area contributed by atoms with Gasteiger partial charge in [0.2, 0.25) is 5.91 Å². The van der Waals surface area contributed by atoms with Gasteiger partial charge in [-0.2, -0.15) is 0 Å². The van der Waals surface area contributed by atoms with Crippen LogP contribution < -0.4 is 5.32 Å². The predicted octanol–water partition coefficient (Wildman–Crippen LogP) is 3.76. The molecule has 26 heavy (non-hydrogen) atoms. The quantitative estimate of drug-likeness (QED) is 0.885. The van der Waals surface area contributed by atoms with E-state index in [0.29, 0.717) is 25.6 Å². The molecule has 3 heterocycles. The van der Waals surface area contributed by atoms with Crippen LogP contribution in [0.25, 0.3) is 0 Å². The highest BCUT2D eigenvalue weighted by Crippen LogP contribution is 2.28. The molecule has 1 unspecified atom stereocenters. The van der Waals surface area contributed by atoms with E-state index >= 15 is 0 Å². The van der Waals surface area contributed by atoms with Crippen LogP contribution in [0.4, 0.5) is 10.9 Å². The standard InChI is InChI=1S/C19H24N4O2S/c24-18(14-5-2-1-3-6-14)23-10-11-25-16(13-23)15-7-4-8-17(21-15)22-19-20-9-12-26-19/h4,7-9,12,14,16H,1-3,5-6,10-11,13H2,(H,20,21,22). The maximum absolute atomic E-state index is 12.8. The lowest BCUT2D eigenvalue weighted by atomic mass is 9.88. The van der Waals surface area contributed by atoms with Crippen LogP contribution in [-0.2, 0) is 9.53 Å². The van der Waals surface area contributed by atoms with Gasteiger partial charge >= 0.3 is 0 Å². The van der Waals surface area contributed by atoms with Gasteiger partial charge < -0.3 is 15.0 Å². The lowest BCUT2D eigenvalue weighted by Crippen LogP contribution is -2.45. The molecule has 4 rings (SSSR count). The Kier molecular flexibility index (Phi) is 5.45. The van der Waals surface area contributed by atoms with Crippen molar-refractivity contribution in [3.63, 3.8) is 0 Å². The van der Waals surface area contributed by atoms with Gasteiger partial charge in [0.1, 0.15) is 11.9 Å². The average Bonchev–Trinajstić information content (AvgIpc) is 3.21. The summed E-state index contributed by atoms with van der Waals surface area (Å²) in [6, 6.07) is 5.84. The summed E-state index contributed by atoms with van der Waals surface area (Å²) in [5.41, 5.74) is 0.854. The van der Waals surface area contributed by atoms with Crippen molar-refractivity contribution in [1.29, 1.82) is 0 Å². The van der Waals surface area contributed by atoms with E-state index in [4.69, 9.17) is 4.74 Å². The van der Waals surface area contributed by atoms with Crippen molar-refractivity contribution in [2.45, 2.75) is 38.2 Å². The zero-order valence-electron chi connectivity index (χ0n) is 14.8. The van der Waals surface area contributed by atoms with Crippen molar-refractivity contribution in [1.82, 2.24) is 14.9 Å². The molecule has 138 valence electrons. The zero-order valence-corrected chi connectivity index (χ0v) is 15.6. The van der Waals surface area contributed by atoms with E-state index in [2.05, 4.69) is 15.3 Å². The Morgan fingerprint density at radius 3 is 2.96 bits per heavy atom. The third kappa shape index (κ3) is 4.04.